The van der Waals surface area contributed by atoms with Crippen molar-refractivity contribution in [3.05, 3.63) is 58.7 Å². The number of fused-ring (bicyclic) bond motifs is 2. The van der Waals surface area contributed by atoms with Crippen molar-refractivity contribution in [3.63, 3.8) is 0 Å². The van der Waals surface area contributed by atoms with E-state index in [2.05, 4.69) is 28.0 Å². The van der Waals surface area contributed by atoms with Gasteiger partial charge in [0.25, 0.3) is 5.91 Å². The van der Waals surface area contributed by atoms with Crippen LogP contribution in [-0.4, -0.2) is 75.9 Å². The number of aryl methyl sites for hydroxylation is 1. The van der Waals surface area contributed by atoms with Gasteiger partial charge in [0.05, 0.1) is 4.90 Å². The molecule has 0 aromatic heterocycles. The van der Waals surface area contributed by atoms with Crippen molar-refractivity contribution in [2.45, 2.75) is 62.3 Å². The Kier molecular flexibility index (Phi) is 6.75. The molecule has 36 heavy (non-hydrogen) atoms. The summed E-state index contributed by atoms with van der Waals surface area (Å²) in [5.74, 6) is 0.477. The van der Waals surface area contributed by atoms with Crippen LogP contribution >= 0.6 is 10.6 Å². The molecule has 1 amide bonds. The van der Waals surface area contributed by atoms with E-state index >= 15 is 0 Å². The van der Waals surface area contributed by atoms with Crippen molar-refractivity contribution in [1.29, 1.82) is 0 Å². The fraction of sp³-hybridized carbons (Fsp3) is 0.552. The van der Waals surface area contributed by atoms with Gasteiger partial charge in [-0.15, -0.1) is 0 Å². The molecule has 2 aromatic rings. The second kappa shape index (κ2) is 10.0. The number of hydrogen-bond donors (Lipinski definition) is 2. The second-order valence-electron chi connectivity index (χ2n) is 11.0. The second-order valence-corrected chi connectivity index (χ2v) is 13.2. The number of hydrogen-bond acceptors (Lipinski definition) is 5. The number of carbonyl (C=O) groups excluding carboxylic acids is 1. The summed E-state index contributed by atoms with van der Waals surface area (Å²) in [5, 5.41) is 0. The van der Waals surface area contributed by atoms with Crippen LogP contribution in [0.25, 0.3) is 0 Å². The number of amides is 1. The van der Waals surface area contributed by atoms with E-state index in [9.17, 15) is 13.9 Å². The van der Waals surface area contributed by atoms with Crippen molar-refractivity contribution in [1.82, 2.24) is 9.80 Å². The summed E-state index contributed by atoms with van der Waals surface area (Å²) >= 11 is 0. The third kappa shape index (κ3) is 4.78. The minimum Gasteiger partial charge on any atom is -0.368 e. The highest BCUT2D eigenvalue weighted by Crippen LogP contribution is 2.53. The quantitative estimate of drug-likeness (QED) is 0.606. The molecular formula is C29H39N3O3S. The first-order valence-corrected chi connectivity index (χ1v) is 15.5. The Morgan fingerprint density at radius 1 is 0.778 bits per heavy atom. The van der Waals surface area contributed by atoms with E-state index in [0.717, 1.165) is 50.4 Å². The van der Waals surface area contributed by atoms with Gasteiger partial charge in [0.2, 0.25) is 0 Å². The zero-order valence-electron chi connectivity index (χ0n) is 21.2. The molecule has 0 atom stereocenters. The van der Waals surface area contributed by atoms with E-state index in [0.29, 0.717) is 29.3 Å². The standard InChI is InChI=1S/C29H39N3O3S/c33-29(25-8-10-28-24(20-25)4-3-19-36(28,34)35)32-17-15-31(16-18-32)27-9-7-22-11-13-30(14-12-23(22)21-27)26-5-1-2-6-26/h7-10,20-21,26,34-35H,1-6,11-19H2. The monoisotopic (exact) mass is 509 g/mol. The van der Waals surface area contributed by atoms with Crippen molar-refractivity contribution in [2.24, 2.45) is 0 Å². The Morgan fingerprint density at radius 3 is 2.31 bits per heavy atom. The third-order valence-corrected chi connectivity index (χ3v) is 10.8. The van der Waals surface area contributed by atoms with Gasteiger partial charge in [-0.05, 0) is 85.5 Å². The maximum absolute atomic E-state index is 13.2. The number of piperazine rings is 1. The first kappa shape index (κ1) is 24.3. The SMILES string of the molecule is O=C(c1ccc2c(c1)CCCS2(O)O)N1CCN(c2ccc3c(c2)CCN(C2CCCC2)CC3)CC1. The molecule has 0 bridgehead atoms. The molecule has 0 radical (unpaired) electrons. The van der Waals surface area contributed by atoms with Crippen molar-refractivity contribution >= 4 is 22.2 Å². The fourth-order valence-corrected chi connectivity index (χ4v) is 8.34. The molecule has 2 fully saturated rings. The highest BCUT2D eigenvalue weighted by molar-refractivity contribution is 8.24. The molecule has 2 N–H and O–H groups in total. The number of rotatable bonds is 3. The molecule has 3 aliphatic heterocycles. The Bertz CT molecular complexity index is 1120. The average Bonchev–Trinajstić information content (AvgIpc) is 3.35. The summed E-state index contributed by atoms with van der Waals surface area (Å²) in [6.07, 6.45) is 9.40. The van der Waals surface area contributed by atoms with Crippen LogP contribution in [0.15, 0.2) is 41.3 Å². The van der Waals surface area contributed by atoms with E-state index in [1.54, 1.807) is 12.1 Å². The van der Waals surface area contributed by atoms with Gasteiger partial charge in [0.15, 0.2) is 0 Å². The van der Waals surface area contributed by atoms with Crippen LogP contribution in [0.5, 0.6) is 0 Å². The summed E-state index contributed by atoms with van der Waals surface area (Å²) in [5.41, 5.74) is 5.89. The van der Waals surface area contributed by atoms with Gasteiger partial charge in [-0.1, -0.05) is 18.9 Å². The minimum absolute atomic E-state index is 0.0495. The normalized spacial score (nSPS) is 23.6. The predicted octanol–water partition coefficient (Wildman–Crippen LogP) is 5.05. The molecule has 194 valence electrons. The van der Waals surface area contributed by atoms with Crippen molar-refractivity contribution in [3.8, 4) is 0 Å². The first-order valence-electron chi connectivity index (χ1n) is 13.8. The molecule has 6 nitrogen and oxygen atoms in total. The maximum atomic E-state index is 13.2. The molecule has 0 spiro atoms. The summed E-state index contributed by atoms with van der Waals surface area (Å²) in [6, 6.07) is 13.3. The van der Waals surface area contributed by atoms with E-state index in [-0.39, 0.29) is 5.91 Å². The third-order valence-electron chi connectivity index (χ3n) is 8.83. The molecule has 4 aliphatic rings. The fourth-order valence-electron chi connectivity index (χ4n) is 6.71. The largest absolute Gasteiger partial charge is 0.368 e. The van der Waals surface area contributed by atoms with Gasteiger partial charge in [0.1, 0.15) is 0 Å². The lowest BCUT2D eigenvalue weighted by Gasteiger charge is -2.38. The molecule has 1 saturated heterocycles. The molecule has 6 rings (SSSR count). The number of anilines is 1. The Morgan fingerprint density at radius 2 is 1.53 bits per heavy atom. The van der Waals surface area contributed by atoms with Crippen molar-refractivity contribution < 1.29 is 13.9 Å². The number of carbonyl (C=O) groups is 1. The number of nitrogens with zero attached hydrogens (tertiary/aromatic N) is 3. The molecule has 0 unspecified atom stereocenters. The molecule has 1 saturated carbocycles. The molecular weight excluding hydrogens is 470 g/mol. The van der Waals surface area contributed by atoms with Crippen LogP contribution in [0.4, 0.5) is 5.69 Å². The lowest BCUT2D eigenvalue weighted by Crippen LogP contribution is -2.48. The smallest absolute Gasteiger partial charge is 0.253 e. The average molecular weight is 510 g/mol. The molecule has 2 aromatic carbocycles. The topological polar surface area (TPSA) is 67.2 Å². The Labute approximate surface area is 216 Å². The van der Waals surface area contributed by atoms with Gasteiger partial charge in [-0.2, -0.15) is 10.6 Å². The zero-order chi connectivity index (χ0) is 24.7. The summed E-state index contributed by atoms with van der Waals surface area (Å²) < 4.78 is 20.7. The highest BCUT2D eigenvalue weighted by atomic mass is 32.3. The van der Waals surface area contributed by atoms with Crippen LogP contribution < -0.4 is 4.90 Å². The summed E-state index contributed by atoms with van der Waals surface area (Å²) in [4.78, 5) is 21.0. The molecule has 3 heterocycles. The first-order chi connectivity index (χ1) is 17.5. The van der Waals surface area contributed by atoms with Gasteiger partial charge in [-0.25, -0.2) is 0 Å². The van der Waals surface area contributed by atoms with Gasteiger partial charge in [-0.3, -0.25) is 18.8 Å². The van der Waals surface area contributed by atoms with Gasteiger partial charge >= 0.3 is 0 Å². The minimum atomic E-state index is -2.70. The van der Waals surface area contributed by atoms with Crippen LogP contribution in [0, 0.1) is 0 Å². The van der Waals surface area contributed by atoms with Crippen LogP contribution in [0.3, 0.4) is 0 Å². The summed E-state index contributed by atoms with van der Waals surface area (Å²) in [7, 11) is -2.70. The molecule has 1 aliphatic carbocycles. The highest BCUT2D eigenvalue weighted by Gasteiger charge is 2.28. The summed E-state index contributed by atoms with van der Waals surface area (Å²) in [6.45, 7) is 5.46. The van der Waals surface area contributed by atoms with E-state index in [1.165, 1.54) is 55.6 Å². The van der Waals surface area contributed by atoms with E-state index in [4.69, 9.17) is 0 Å². The van der Waals surface area contributed by atoms with E-state index in [1.807, 2.05) is 11.0 Å². The van der Waals surface area contributed by atoms with Crippen LogP contribution in [0.1, 0.15) is 59.2 Å². The van der Waals surface area contributed by atoms with Crippen LogP contribution in [-0.2, 0) is 19.3 Å². The van der Waals surface area contributed by atoms with Crippen molar-refractivity contribution in [2.75, 3.05) is 49.9 Å². The maximum Gasteiger partial charge on any atom is 0.253 e. The van der Waals surface area contributed by atoms with Gasteiger partial charge in [0, 0.05) is 62.3 Å². The molecule has 7 heteroatoms. The Balaban J connectivity index is 1.09. The van der Waals surface area contributed by atoms with E-state index < -0.39 is 10.6 Å². The lowest BCUT2D eigenvalue weighted by atomic mass is 10.0. The zero-order valence-corrected chi connectivity index (χ0v) is 22.0. The number of benzene rings is 2. The van der Waals surface area contributed by atoms with Crippen LogP contribution in [0.2, 0.25) is 0 Å². The Hall–Kier alpha value is -2.06. The predicted molar refractivity (Wildman–Crippen MR) is 147 cm³/mol. The lowest BCUT2D eigenvalue weighted by molar-refractivity contribution is 0.0746. The van der Waals surface area contributed by atoms with Gasteiger partial charge < -0.3 is 9.80 Å².